The number of aryl methyl sites for hydroxylation is 4. The lowest BCUT2D eigenvalue weighted by atomic mass is 10.1. The normalized spacial score (nSPS) is 11.1. The number of anilines is 1. The third-order valence-corrected chi connectivity index (χ3v) is 6.19. The summed E-state index contributed by atoms with van der Waals surface area (Å²) in [6.07, 6.45) is 0. The molecule has 8 heteroatoms. The van der Waals surface area contributed by atoms with Gasteiger partial charge in [0.15, 0.2) is 5.52 Å². The van der Waals surface area contributed by atoms with Crippen LogP contribution in [0.15, 0.2) is 41.2 Å². The Labute approximate surface area is 188 Å². The number of benzene rings is 2. The van der Waals surface area contributed by atoms with Crippen LogP contribution in [0.25, 0.3) is 21.5 Å². The SMILES string of the molecule is Cc1cc(C)c(NC(=O)Cn2nc(-c3ccc(Cl)cc3)c3sc(C)nc3c2=O)c(C)c1. The number of nitrogens with one attached hydrogen (secondary N) is 1. The smallest absolute Gasteiger partial charge is 0.294 e. The average molecular weight is 453 g/mol. The maximum Gasteiger partial charge on any atom is 0.294 e. The Morgan fingerprint density at radius 1 is 1.10 bits per heavy atom. The van der Waals surface area contributed by atoms with Gasteiger partial charge in [-0.2, -0.15) is 5.10 Å². The summed E-state index contributed by atoms with van der Waals surface area (Å²) in [4.78, 5) is 30.2. The van der Waals surface area contributed by atoms with Gasteiger partial charge >= 0.3 is 0 Å². The summed E-state index contributed by atoms with van der Waals surface area (Å²) in [7, 11) is 0. The summed E-state index contributed by atoms with van der Waals surface area (Å²) >= 11 is 7.43. The number of fused-ring (bicyclic) bond motifs is 1. The first-order chi connectivity index (χ1) is 14.7. The second kappa shape index (κ2) is 8.24. The van der Waals surface area contributed by atoms with Gasteiger partial charge < -0.3 is 5.32 Å². The molecule has 0 aliphatic carbocycles. The van der Waals surface area contributed by atoms with Crippen LogP contribution in [0.2, 0.25) is 5.02 Å². The van der Waals surface area contributed by atoms with Crippen LogP contribution >= 0.6 is 22.9 Å². The van der Waals surface area contributed by atoms with E-state index in [1.807, 2.05) is 52.0 Å². The first-order valence-electron chi connectivity index (χ1n) is 9.75. The largest absolute Gasteiger partial charge is 0.324 e. The monoisotopic (exact) mass is 452 g/mol. The van der Waals surface area contributed by atoms with Gasteiger partial charge in [0.25, 0.3) is 5.56 Å². The first-order valence-corrected chi connectivity index (χ1v) is 10.9. The second-order valence-electron chi connectivity index (χ2n) is 7.55. The van der Waals surface area contributed by atoms with Crippen molar-refractivity contribution in [2.75, 3.05) is 5.32 Å². The number of hydrogen-bond acceptors (Lipinski definition) is 5. The molecule has 2 aromatic heterocycles. The summed E-state index contributed by atoms with van der Waals surface area (Å²) in [5.74, 6) is -0.321. The molecule has 0 atom stereocenters. The molecular formula is C23H21ClN4O2S. The average Bonchev–Trinajstić information content (AvgIpc) is 3.09. The zero-order chi connectivity index (χ0) is 22.3. The lowest BCUT2D eigenvalue weighted by Gasteiger charge is -2.14. The second-order valence-corrected chi connectivity index (χ2v) is 9.19. The van der Waals surface area contributed by atoms with Crippen LogP contribution in [0.4, 0.5) is 5.69 Å². The number of thiazole rings is 1. The van der Waals surface area contributed by atoms with Crippen molar-refractivity contribution in [3.63, 3.8) is 0 Å². The molecule has 1 N–H and O–H groups in total. The highest BCUT2D eigenvalue weighted by atomic mass is 35.5. The van der Waals surface area contributed by atoms with Gasteiger partial charge in [-0.1, -0.05) is 41.4 Å². The molecule has 2 aromatic carbocycles. The fourth-order valence-electron chi connectivity index (χ4n) is 3.66. The number of carbonyl (C=O) groups excluding carboxylic acids is 1. The fourth-order valence-corrected chi connectivity index (χ4v) is 4.71. The zero-order valence-electron chi connectivity index (χ0n) is 17.6. The van der Waals surface area contributed by atoms with Crippen molar-refractivity contribution in [3.05, 3.63) is 73.5 Å². The molecule has 0 saturated carbocycles. The molecule has 0 fully saturated rings. The molecule has 31 heavy (non-hydrogen) atoms. The van der Waals surface area contributed by atoms with Crippen LogP contribution in [0.5, 0.6) is 0 Å². The predicted octanol–water partition coefficient (Wildman–Crippen LogP) is 5.05. The Bertz CT molecular complexity index is 1350. The first kappa shape index (κ1) is 21.2. The van der Waals surface area contributed by atoms with Gasteiger partial charge in [0.05, 0.1) is 9.71 Å². The van der Waals surface area contributed by atoms with Gasteiger partial charge in [0, 0.05) is 16.3 Å². The molecule has 0 spiro atoms. The van der Waals surface area contributed by atoms with Crippen molar-refractivity contribution in [1.82, 2.24) is 14.8 Å². The lowest BCUT2D eigenvalue weighted by Crippen LogP contribution is -2.30. The Hall–Kier alpha value is -3.03. The molecule has 6 nitrogen and oxygen atoms in total. The van der Waals surface area contributed by atoms with E-state index in [1.54, 1.807) is 12.1 Å². The van der Waals surface area contributed by atoms with Gasteiger partial charge in [-0.15, -0.1) is 11.3 Å². The van der Waals surface area contributed by atoms with E-state index in [0.29, 0.717) is 20.9 Å². The predicted molar refractivity (Wildman–Crippen MR) is 126 cm³/mol. The molecule has 0 radical (unpaired) electrons. The van der Waals surface area contributed by atoms with Crippen molar-refractivity contribution in [2.24, 2.45) is 0 Å². The molecule has 1 amide bonds. The van der Waals surface area contributed by atoms with Gasteiger partial charge in [0.2, 0.25) is 5.91 Å². The molecule has 0 aliphatic heterocycles. The number of amides is 1. The van der Waals surface area contributed by atoms with E-state index in [-0.39, 0.29) is 18.0 Å². The number of aromatic nitrogens is 3. The molecule has 0 unspecified atom stereocenters. The molecule has 4 rings (SSSR count). The van der Waals surface area contributed by atoms with E-state index in [1.165, 1.54) is 16.0 Å². The Balaban J connectivity index is 1.74. The summed E-state index contributed by atoms with van der Waals surface area (Å²) in [5.41, 5.74) is 5.17. The highest BCUT2D eigenvalue weighted by Crippen LogP contribution is 2.30. The number of hydrogen-bond donors (Lipinski definition) is 1. The van der Waals surface area contributed by atoms with Gasteiger partial charge in [-0.05, 0) is 51.0 Å². The summed E-state index contributed by atoms with van der Waals surface area (Å²) < 4.78 is 1.88. The molecular weight excluding hydrogens is 432 g/mol. The van der Waals surface area contributed by atoms with E-state index in [4.69, 9.17) is 11.6 Å². The van der Waals surface area contributed by atoms with Gasteiger partial charge in [-0.25, -0.2) is 9.67 Å². The summed E-state index contributed by atoms with van der Waals surface area (Å²) in [5, 5.41) is 8.82. The van der Waals surface area contributed by atoms with Crippen LogP contribution in [-0.4, -0.2) is 20.7 Å². The van der Waals surface area contributed by atoms with Crippen molar-refractivity contribution in [3.8, 4) is 11.3 Å². The summed E-state index contributed by atoms with van der Waals surface area (Å²) in [6, 6.07) is 11.2. The van der Waals surface area contributed by atoms with E-state index in [2.05, 4.69) is 15.4 Å². The quantitative estimate of drug-likeness (QED) is 0.470. The topological polar surface area (TPSA) is 76.9 Å². The van der Waals surface area contributed by atoms with E-state index in [9.17, 15) is 9.59 Å². The molecule has 158 valence electrons. The maximum absolute atomic E-state index is 13.0. The minimum atomic E-state index is -0.385. The van der Waals surface area contributed by atoms with E-state index >= 15 is 0 Å². The van der Waals surface area contributed by atoms with Crippen LogP contribution in [0.3, 0.4) is 0 Å². The summed E-state index contributed by atoms with van der Waals surface area (Å²) in [6.45, 7) is 7.54. The van der Waals surface area contributed by atoms with Crippen molar-refractivity contribution < 1.29 is 4.79 Å². The van der Waals surface area contributed by atoms with Crippen LogP contribution in [0.1, 0.15) is 21.7 Å². The zero-order valence-corrected chi connectivity index (χ0v) is 19.2. The van der Waals surface area contributed by atoms with Gasteiger partial charge in [0.1, 0.15) is 12.2 Å². The minimum absolute atomic E-state index is 0.210. The van der Waals surface area contributed by atoms with Crippen LogP contribution < -0.4 is 10.9 Å². The Morgan fingerprint density at radius 3 is 2.39 bits per heavy atom. The number of nitrogens with zero attached hydrogens (tertiary/aromatic N) is 3. The number of rotatable bonds is 4. The van der Waals surface area contributed by atoms with Crippen molar-refractivity contribution in [2.45, 2.75) is 34.2 Å². The number of carbonyl (C=O) groups is 1. The standard InChI is InChI=1S/C23H21ClN4O2S/c1-12-9-13(2)19(14(3)10-12)26-18(29)11-28-23(30)21-22(31-15(4)25-21)20(27-28)16-5-7-17(24)8-6-16/h5-10H,11H2,1-4H3,(H,26,29). The third kappa shape index (κ3) is 4.24. The highest BCUT2D eigenvalue weighted by molar-refractivity contribution is 7.19. The van der Waals surface area contributed by atoms with Crippen molar-refractivity contribution >= 4 is 44.7 Å². The third-order valence-electron chi connectivity index (χ3n) is 4.96. The van der Waals surface area contributed by atoms with E-state index < -0.39 is 0 Å². The molecule has 4 aromatic rings. The molecule has 2 heterocycles. The molecule has 0 aliphatic rings. The minimum Gasteiger partial charge on any atom is -0.324 e. The molecule has 0 bridgehead atoms. The fraction of sp³-hybridized carbons (Fsp3) is 0.217. The van der Waals surface area contributed by atoms with Crippen LogP contribution in [0, 0.1) is 27.7 Å². The van der Waals surface area contributed by atoms with Crippen LogP contribution in [-0.2, 0) is 11.3 Å². The van der Waals surface area contributed by atoms with Crippen molar-refractivity contribution in [1.29, 1.82) is 0 Å². The Kier molecular flexibility index (Phi) is 5.64. The Morgan fingerprint density at radius 2 is 1.74 bits per heavy atom. The highest BCUT2D eigenvalue weighted by Gasteiger charge is 2.18. The van der Waals surface area contributed by atoms with Gasteiger partial charge in [-0.3, -0.25) is 9.59 Å². The number of halogens is 1. The van der Waals surface area contributed by atoms with E-state index in [0.717, 1.165) is 32.9 Å². The molecule has 0 saturated heterocycles. The maximum atomic E-state index is 13.0. The lowest BCUT2D eigenvalue weighted by molar-refractivity contribution is -0.117.